The van der Waals surface area contributed by atoms with Gasteiger partial charge in [0.15, 0.2) is 11.9 Å². The molecule has 1 fully saturated rings. The first-order valence-corrected chi connectivity index (χ1v) is 9.78. The van der Waals surface area contributed by atoms with E-state index in [1.165, 1.54) is 5.32 Å². The van der Waals surface area contributed by atoms with Gasteiger partial charge in [0.1, 0.15) is 6.61 Å². The van der Waals surface area contributed by atoms with E-state index in [9.17, 15) is 40.0 Å². The van der Waals surface area contributed by atoms with Crippen LogP contribution in [0.4, 0.5) is 22.0 Å². The molecule has 0 aromatic carbocycles. The number of carbonyl (C=O) groups excluding carboxylic acids is 2. The smallest absolute Gasteiger partial charge is 0.446 e. The molecule has 1 amide bonds. The fourth-order valence-electron chi connectivity index (χ4n) is 2.14. The van der Waals surface area contributed by atoms with E-state index in [1.54, 1.807) is 0 Å². The van der Waals surface area contributed by atoms with Crippen molar-refractivity contribution in [2.45, 2.75) is 43.1 Å². The molecular weight excluding hydrogens is 449 g/mol. The molecule has 0 bridgehead atoms. The average molecular weight is 469 g/mol. The Hall–Kier alpha value is -1.84. The van der Waals surface area contributed by atoms with Crippen molar-refractivity contribution in [3.8, 4) is 0 Å². The number of halogens is 5. The van der Waals surface area contributed by atoms with Crippen LogP contribution in [-0.2, 0) is 38.1 Å². The Morgan fingerprint density at radius 2 is 1.80 bits per heavy atom. The van der Waals surface area contributed by atoms with Crippen LogP contribution in [0.2, 0.25) is 0 Å². The van der Waals surface area contributed by atoms with Crippen LogP contribution in [0, 0.1) is 0 Å². The number of esters is 1. The molecule has 1 saturated heterocycles. The molecule has 0 aromatic rings. The monoisotopic (exact) mass is 469 g/mol. The van der Waals surface area contributed by atoms with Gasteiger partial charge in [-0.2, -0.15) is 30.4 Å². The van der Waals surface area contributed by atoms with Crippen LogP contribution in [0.15, 0.2) is 12.7 Å². The predicted molar refractivity (Wildman–Crippen MR) is 88.5 cm³/mol. The van der Waals surface area contributed by atoms with E-state index in [0.717, 1.165) is 13.0 Å². The van der Waals surface area contributed by atoms with Gasteiger partial charge in [0.25, 0.3) is 0 Å². The molecule has 0 spiro atoms. The summed E-state index contributed by atoms with van der Waals surface area (Å²) < 4.78 is 109. The summed E-state index contributed by atoms with van der Waals surface area (Å²) in [6.07, 6.45) is -8.83. The van der Waals surface area contributed by atoms with Gasteiger partial charge in [-0.25, -0.2) is 4.79 Å². The lowest BCUT2D eigenvalue weighted by atomic mass is 10.1. The van der Waals surface area contributed by atoms with Crippen molar-refractivity contribution < 1.29 is 58.4 Å². The Kier molecular flexibility index (Phi) is 8.71. The Bertz CT molecular complexity index is 734. The quantitative estimate of drug-likeness (QED) is 0.167. The van der Waals surface area contributed by atoms with Gasteiger partial charge in [0.05, 0.1) is 19.8 Å². The van der Waals surface area contributed by atoms with Gasteiger partial charge < -0.3 is 19.5 Å². The third kappa shape index (κ3) is 7.14. The molecule has 1 aliphatic heterocycles. The number of nitrogens with one attached hydrogen (secondary N) is 1. The molecule has 1 unspecified atom stereocenters. The summed E-state index contributed by atoms with van der Waals surface area (Å²) in [4.78, 5) is 22.3. The van der Waals surface area contributed by atoms with Gasteiger partial charge >= 0.3 is 33.4 Å². The second-order valence-corrected chi connectivity index (χ2v) is 7.73. The number of amides is 1. The lowest BCUT2D eigenvalue weighted by Gasteiger charge is -2.36. The van der Waals surface area contributed by atoms with E-state index < -0.39 is 64.9 Å². The molecule has 15 heteroatoms. The fourth-order valence-corrected chi connectivity index (χ4v) is 3.04. The molecule has 0 aliphatic carbocycles. The van der Waals surface area contributed by atoms with E-state index in [4.69, 9.17) is 9.47 Å². The van der Waals surface area contributed by atoms with E-state index in [0.29, 0.717) is 6.42 Å². The molecule has 30 heavy (non-hydrogen) atoms. The molecular formula is C15H20F5NO8S. The normalized spacial score (nSPS) is 18.3. The Morgan fingerprint density at radius 3 is 2.30 bits per heavy atom. The van der Waals surface area contributed by atoms with Gasteiger partial charge in [0, 0.05) is 12.5 Å². The number of rotatable bonds is 10. The van der Waals surface area contributed by atoms with Crippen molar-refractivity contribution in [3.63, 3.8) is 0 Å². The summed E-state index contributed by atoms with van der Waals surface area (Å²) >= 11 is 0. The van der Waals surface area contributed by atoms with Crippen molar-refractivity contribution in [3.05, 3.63) is 12.7 Å². The molecule has 1 atom stereocenters. The Balaban J connectivity index is 2.87. The lowest BCUT2D eigenvalue weighted by Crippen LogP contribution is -2.51. The molecule has 0 aromatic heterocycles. The molecule has 174 valence electrons. The minimum atomic E-state index is -6.38. The maximum Gasteiger partial charge on any atom is 0.446 e. The Morgan fingerprint density at radius 1 is 1.23 bits per heavy atom. The maximum atomic E-state index is 14.0. The fraction of sp³-hybridized carbons (Fsp3) is 0.733. The van der Waals surface area contributed by atoms with Crippen LogP contribution in [0.1, 0.15) is 19.8 Å². The highest BCUT2D eigenvalue weighted by atomic mass is 32.2. The zero-order chi connectivity index (χ0) is 23.2. The zero-order valence-electron chi connectivity index (χ0n) is 15.7. The summed E-state index contributed by atoms with van der Waals surface area (Å²) in [6.45, 7) is 2.76. The first-order valence-electron chi connectivity index (χ1n) is 8.37. The zero-order valence-corrected chi connectivity index (χ0v) is 16.5. The lowest BCUT2D eigenvalue weighted by molar-refractivity contribution is -0.288. The van der Waals surface area contributed by atoms with Crippen LogP contribution in [-0.4, -0.2) is 70.0 Å². The molecule has 1 heterocycles. The van der Waals surface area contributed by atoms with Crippen LogP contribution in [0.5, 0.6) is 0 Å². The van der Waals surface area contributed by atoms with Crippen LogP contribution in [0.25, 0.3) is 0 Å². The SMILES string of the molecule is C=CC(=O)OCCNC(=O)C(F)(F)S(=O)(=O)OC(CC1(C)OCCCO1)C(F)(F)F. The van der Waals surface area contributed by atoms with Gasteiger partial charge in [-0.1, -0.05) is 6.58 Å². The maximum absolute atomic E-state index is 14.0. The van der Waals surface area contributed by atoms with E-state index in [1.807, 2.05) is 0 Å². The summed E-state index contributed by atoms with van der Waals surface area (Å²) in [5.74, 6) is -5.34. The highest BCUT2D eigenvalue weighted by Crippen LogP contribution is 2.36. The third-order valence-electron chi connectivity index (χ3n) is 3.64. The summed E-state index contributed by atoms with van der Waals surface area (Å²) in [5, 5.41) is -3.95. The van der Waals surface area contributed by atoms with Gasteiger partial charge in [-0.05, 0) is 13.3 Å². The average Bonchev–Trinajstić information content (AvgIpc) is 2.63. The first-order chi connectivity index (χ1) is 13.6. The molecule has 9 nitrogen and oxygen atoms in total. The molecule has 0 saturated carbocycles. The molecule has 1 aliphatic rings. The molecule has 0 radical (unpaired) electrons. The van der Waals surface area contributed by atoms with Crippen molar-refractivity contribution in [2.75, 3.05) is 26.4 Å². The minimum absolute atomic E-state index is 0.00280. The first kappa shape index (κ1) is 26.2. The van der Waals surface area contributed by atoms with Gasteiger partial charge in [-0.15, -0.1) is 0 Å². The third-order valence-corrected chi connectivity index (χ3v) is 4.94. The van der Waals surface area contributed by atoms with Crippen molar-refractivity contribution in [1.82, 2.24) is 5.32 Å². The molecule has 1 rings (SSSR count). The number of alkyl halides is 5. The molecule has 1 N–H and O–H groups in total. The highest BCUT2D eigenvalue weighted by Gasteiger charge is 2.58. The largest absolute Gasteiger partial charge is 0.461 e. The minimum Gasteiger partial charge on any atom is -0.461 e. The second kappa shape index (κ2) is 9.98. The Labute approximate surface area is 168 Å². The topological polar surface area (TPSA) is 117 Å². The van der Waals surface area contributed by atoms with Crippen LogP contribution < -0.4 is 5.32 Å². The second-order valence-electron chi connectivity index (χ2n) is 6.11. The van der Waals surface area contributed by atoms with Crippen molar-refractivity contribution in [2.24, 2.45) is 0 Å². The van der Waals surface area contributed by atoms with Crippen LogP contribution in [0.3, 0.4) is 0 Å². The van der Waals surface area contributed by atoms with Gasteiger partial charge in [-0.3, -0.25) is 8.98 Å². The number of hydrogen-bond acceptors (Lipinski definition) is 8. The van der Waals surface area contributed by atoms with Crippen LogP contribution >= 0.6 is 0 Å². The number of ether oxygens (including phenoxy) is 3. The van der Waals surface area contributed by atoms with Crippen molar-refractivity contribution in [1.29, 1.82) is 0 Å². The number of carbonyl (C=O) groups is 2. The predicted octanol–water partition coefficient (Wildman–Crippen LogP) is 1.25. The van der Waals surface area contributed by atoms with E-state index in [-0.39, 0.29) is 13.2 Å². The summed E-state index contributed by atoms with van der Waals surface area (Å²) in [7, 11) is -6.38. The standard InChI is InChI=1S/C15H20F5NO8S/c1-3-11(22)26-8-5-21-12(23)15(19,20)30(24,25)29-10(14(16,17)18)9-13(2)27-6-4-7-28-13/h3,10H,1,4-9H2,2H3,(H,21,23). The van der Waals surface area contributed by atoms with E-state index in [2.05, 4.69) is 15.5 Å². The highest BCUT2D eigenvalue weighted by molar-refractivity contribution is 7.88. The number of hydrogen-bond donors (Lipinski definition) is 1. The van der Waals surface area contributed by atoms with E-state index >= 15 is 0 Å². The van der Waals surface area contributed by atoms with Gasteiger partial charge in [0.2, 0.25) is 0 Å². The van der Waals surface area contributed by atoms with Crippen molar-refractivity contribution >= 4 is 22.0 Å². The summed E-state index contributed by atoms with van der Waals surface area (Å²) in [6, 6.07) is 0. The summed E-state index contributed by atoms with van der Waals surface area (Å²) in [5.41, 5.74) is 0.